The third-order valence-electron chi connectivity index (χ3n) is 9.52. The van der Waals surface area contributed by atoms with E-state index in [2.05, 4.69) is 54.9 Å². The molecule has 2 saturated carbocycles. The number of aryl methyl sites for hydroxylation is 3. The number of hydrogen-bond acceptors (Lipinski definition) is 6. The molecule has 0 amide bonds. The Balaban J connectivity index is 1.36. The number of benzene rings is 1. The van der Waals surface area contributed by atoms with Gasteiger partial charge in [-0.05, 0) is 56.9 Å². The lowest BCUT2D eigenvalue weighted by Crippen LogP contribution is -2.47. The van der Waals surface area contributed by atoms with Gasteiger partial charge >= 0.3 is 0 Å². The normalized spacial score (nSPS) is 26.0. The van der Waals surface area contributed by atoms with Gasteiger partial charge in [0.25, 0.3) is 0 Å². The predicted molar refractivity (Wildman–Crippen MR) is 146 cm³/mol. The molecule has 3 fully saturated rings. The average molecular weight is 525 g/mol. The highest BCUT2D eigenvalue weighted by Crippen LogP contribution is 2.64. The second-order valence-electron chi connectivity index (χ2n) is 12.0. The van der Waals surface area contributed by atoms with E-state index in [4.69, 9.17) is 4.98 Å². The van der Waals surface area contributed by atoms with Crippen LogP contribution in [0.2, 0.25) is 0 Å². The standard InChI is InChI=1S/C29H40N4O3S/c1-20-7-9-23(10-8-20)17-25-21(2)30-22(3)31-27(25)32-13-6-14-33(16-15-32)37(35,36)19-29-12-11-24(18-26(29)34)28(29,4)5/h7-10,24H,6,11-19H2,1-5H3. The minimum Gasteiger partial charge on any atom is -0.355 e. The summed E-state index contributed by atoms with van der Waals surface area (Å²) in [6.07, 6.45) is 3.65. The zero-order valence-corrected chi connectivity index (χ0v) is 23.7. The summed E-state index contributed by atoms with van der Waals surface area (Å²) in [5, 5.41) is 0. The molecule has 2 heterocycles. The number of rotatable bonds is 6. The second-order valence-corrected chi connectivity index (χ2v) is 14.0. The van der Waals surface area contributed by atoms with Crippen molar-refractivity contribution in [2.45, 2.75) is 66.7 Å². The third kappa shape index (κ3) is 4.60. The van der Waals surface area contributed by atoms with Crippen LogP contribution in [-0.4, -0.2) is 60.4 Å². The summed E-state index contributed by atoms with van der Waals surface area (Å²) in [5.74, 6) is 2.06. The van der Waals surface area contributed by atoms with Gasteiger partial charge in [-0.15, -0.1) is 0 Å². The fraction of sp³-hybridized carbons (Fsp3) is 0.621. The molecule has 1 saturated heterocycles. The molecule has 0 N–H and O–H groups in total. The summed E-state index contributed by atoms with van der Waals surface area (Å²) in [4.78, 5) is 24.7. The van der Waals surface area contributed by atoms with E-state index >= 15 is 0 Å². The van der Waals surface area contributed by atoms with E-state index in [9.17, 15) is 13.2 Å². The Morgan fingerprint density at radius 3 is 2.38 bits per heavy atom. The minimum absolute atomic E-state index is 0.0489. The number of carbonyl (C=O) groups is 1. The molecule has 5 rings (SSSR count). The highest BCUT2D eigenvalue weighted by atomic mass is 32.2. The van der Waals surface area contributed by atoms with E-state index in [0.29, 0.717) is 38.4 Å². The van der Waals surface area contributed by atoms with Gasteiger partial charge in [0.05, 0.1) is 5.75 Å². The van der Waals surface area contributed by atoms with Crippen molar-refractivity contribution in [1.82, 2.24) is 14.3 Å². The number of anilines is 1. The monoisotopic (exact) mass is 524 g/mol. The van der Waals surface area contributed by atoms with Crippen LogP contribution in [0.1, 0.15) is 67.7 Å². The van der Waals surface area contributed by atoms with Crippen LogP contribution in [-0.2, 0) is 21.2 Å². The lowest BCUT2D eigenvalue weighted by atomic mass is 9.70. The van der Waals surface area contributed by atoms with E-state index in [0.717, 1.165) is 48.7 Å². The molecule has 2 aliphatic carbocycles. The van der Waals surface area contributed by atoms with Crippen LogP contribution in [0, 0.1) is 37.5 Å². The van der Waals surface area contributed by atoms with Crippen molar-refractivity contribution in [1.29, 1.82) is 0 Å². The molecule has 1 aliphatic heterocycles. The summed E-state index contributed by atoms with van der Waals surface area (Å²) in [7, 11) is -3.57. The van der Waals surface area contributed by atoms with Gasteiger partial charge in [-0.2, -0.15) is 0 Å². The van der Waals surface area contributed by atoms with Crippen molar-refractivity contribution >= 4 is 21.6 Å². The first-order chi connectivity index (χ1) is 17.4. The average Bonchev–Trinajstić information content (AvgIpc) is 3.05. The van der Waals surface area contributed by atoms with Crippen molar-refractivity contribution in [3.63, 3.8) is 0 Å². The Hall–Kier alpha value is -2.32. The van der Waals surface area contributed by atoms with Crippen LogP contribution >= 0.6 is 0 Å². The van der Waals surface area contributed by atoms with E-state index in [-0.39, 0.29) is 17.0 Å². The summed E-state index contributed by atoms with van der Waals surface area (Å²) in [5.41, 5.74) is 3.51. The highest BCUT2D eigenvalue weighted by Gasteiger charge is 2.65. The molecule has 8 heteroatoms. The van der Waals surface area contributed by atoms with Crippen molar-refractivity contribution in [3.05, 3.63) is 52.5 Å². The van der Waals surface area contributed by atoms with Crippen LogP contribution in [0.3, 0.4) is 0 Å². The van der Waals surface area contributed by atoms with Crippen LogP contribution < -0.4 is 4.90 Å². The first kappa shape index (κ1) is 26.3. The largest absolute Gasteiger partial charge is 0.355 e. The van der Waals surface area contributed by atoms with Gasteiger partial charge in [-0.25, -0.2) is 22.7 Å². The fourth-order valence-electron chi connectivity index (χ4n) is 6.99. The quantitative estimate of drug-likeness (QED) is 0.562. The van der Waals surface area contributed by atoms with Crippen molar-refractivity contribution < 1.29 is 13.2 Å². The number of nitrogens with zero attached hydrogens (tertiary/aromatic N) is 4. The summed E-state index contributed by atoms with van der Waals surface area (Å²) in [6, 6.07) is 8.54. The van der Waals surface area contributed by atoms with Gasteiger partial charge in [0.15, 0.2) is 0 Å². The van der Waals surface area contributed by atoms with E-state index in [1.54, 1.807) is 4.31 Å². The number of Topliss-reactive ketones (excluding diaryl/α,β-unsaturated/α-hetero) is 1. The number of sulfonamides is 1. The lowest BCUT2D eigenvalue weighted by Gasteiger charge is -2.37. The predicted octanol–water partition coefficient (Wildman–Crippen LogP) is 4.23. The van der Waals surface area contributed by atoms with Gasteiger partial charge in [0, 0.05) is 55.7 Å². The molecule has 7 nitrogen and oxygen atoms in total. The molecule has 0 spiro atoms. The molecule has 2 bridgehead atoms. The molecular weight excluding hydrogens is 484 g/mol. The van der Waals surface area contributed by atoms with Gasteiger partial charge in [0.2, 0.25) is 10.0 Å². The SMILES string of the molecule is Cc1ccc(Cc2c(C)nc(C)nc2N2CCCN(S(=O)(=O)CC34CCC(CC3=O)C4(C)C)CC2)cc1. The summed E-state index contributed by atoms with van der Waals surface area (Å²) in [6.45, 7) is 12.4. The Morgan fingerprint density at radius 1 is 1.00 bits per heavy atom. The Labute approximate surface area is 221 Å². The fourth-order valence-corrected chi connectivity index (χ4v) is 9.24. The lowest BCUT2D eigenvalue weighted by molar-refractivity contribution is -0.128. The van der Waals surface area contributed by atoms with E-state index in [1.165, 1.54) is 11.1 Å². The first-order valence-electron chi connectivity index (χ1n) is 13.6. The minimum atomic E-state index is -3.57. The van der Waals surface area contributed by atoms with Crippen LogP contribution in [0.5, 0.6) is 0 Å². The maximum Gasteiger partial charge on any atom is 0.215 e. The zero-order valence-electron chi connectivity index (χ0n) is 22.9. The molecular formula is C29H40N4O3S. The van der Waals surface area contributed by atoms with Gasteiger partial charge in [-0.1, -0.05) is 43.7 Å². The van der Waals surface area contributed by atoms with Crippen LogP contribution in [0.4, 0.5) is 5.82 Å². The third-order valence-corrected chi connectivity index (χ3v) is 11.5. The molecule has 2 atom stereocenters. The molecule has 1 aromatic carbocycles. The van der Waals surface area contributed by atoms with Crippen LogP contribution in [0.15, 0.2) is 24.3 Å². The van der Waals surface area contributed by atoms with E-state index in [1.807, 2.05) is 13.8 Å². The maximum atomic E-state index is 13.7. The van der Waals surface area contributed by atoms with E-state index < -0.39 is 15.4 Å². The smallest absolute Gasteiger partial charge is 0.215 e. The van der Waals surface area contributed by atoms with Gasteiger partial charge < -0.3 is 4.90 Å². The molecule has 2 aromatic rings. The van der Waals surface area contributed by atoms with Crippen molar-refractivity contribution in [3.8, 4) is 0 Å². The van der Waals surface area contributed by atoms with Crippen molar-refractivity contribution in [2.75, 3.05) is 36.8 Å². The topological polar surface area (TPSA) is 83.5 Å². The molecule has 37 heavy (non-hydrogen) atoms. The molecule has 2 unspecified atom stereocenters. The number of ketones is 1. The molecule has 1 aromatic heterocycles. The second kappa shape index (κ2) is 9.45. The Morgan fingerprint density at radius 2 is 1.73 bits per heavy atom. The zero-order chi connectivity index (χ0) is 26.6. The summed E-state index contributed by atoms with van der Waals surface area (Å²) >= 11 is 0. The number of fused-ring (bicyclic) bond motifs is 2. The number of hydrogen-bond donors (Lipinski definition) is 0. The first-order valence-corrected chi connectivity index (χ1v) is 15.2. The van der Waals surface area contributed by atoms with Crippen molar-refractivity contribution in [2.24, 2.45) is 16.7 Å². The maximum absolute atomic E-state index is 13.7. The summed E-state index contributed by atoms with van der Waals surface area (Å²) < 4.78 is 29.1. The molecule has 0 radical (unpaired) electrons. The Kier molecular flexibility index (Phi) is 6.72. The highest BCUT2D eigenvalue weighted by molar-refractivity contribution is 7.89. The molecule has 3 aliphatic rings. The molecule has 200 valence electrons. The van der Waals surface area contributed by atoms with Gasteiger partial charge in [0.1, 0.15) is 17.4 Å². The van der Waals surface area contributed by atoms with Crippen LogP contribution in [0.25, 0.3) is 0 Å². The van der Waals surface area contributed by atoms with Gasteiger partial charge in [-0.3, -0.25) is 4.79 Å². The number of aromatic nitrogens is 2. The number of carbonyl (C=O) groups excluding carboxylic acids is 1. The Bertz CT molecular complexity index is 1310.